The first-order valence-corrected chi connectivity index (χ1v) is 8.33. The Kier molecular flexibility index (Phi) is 6.22. The molecule has 0 amide bonds. The van der Waals surface area contributed by atoms with Crippen LogP contribution in [0.5, 0.6) is 0 Å². The number of pyridine rings is 1. The second kappa shape index (κ2) is 7.04. The molecule has 0 bridgehead atoms. The molecule has 0 saturated heterocycles. The van der Waals surface area contributed by atoms with Gasteiger partial charge in [0.25, 0.3) is 0 Å². The quantitative estimate of drug-likeness (QED) is 0.747. The summed E-state index contributed by atoms with van der Waals surface area (Å²) in [6, 6.07) is 1.26. The van der Waals surface area contributed by atoms with Gasteiger partial charge in [0, 0.05) is 19.3 Å². The first-order chi connectivity index (χ1) is 9.18. The lowest BCUT2D eigenvalue weighted by Gasteiger charge is -2.24. The minimum atomic E-state index is -3.76. The molecule has 0 atom stereocenters. The maximum Gasteiger partial charge on any atom is 0.243 e. The van der Waals surface area contributed by atoms with Gasteiger partial charge in [0.2, 0.25) is 10.0 Å². The highest BCUT2D eigenvalue weighted by atomic mass is 35.5. The van der Waals surface area contributed by atoms with Gasteiger partial charge < -0.3 is 5.11 Å². The molecule has 0 aliphatic rings. The molecule has 114 valence electrons. The zero-order valence-electron chi connectivity index (χ0n) is 11.4. The number of hydrogen-bond acceptors (Lipinski definition) is 4. The van der Waals surface area contributed by atoms with E-state index < -0.39 is 10.0 Å². The van der Waals surface area contributed by atoms with Crippen molar-refractivity contribution in [2.45, 2.75) is 31.6 Å². The van der Waals surface area contributed by atoms with Gasteiger partial charge in [-0.1, -0.05) is 37.0 Å². The van der Waals surface area contributed by atoms with E-state index >= 15 is 0 Å². The van der Waals surface area contributed by atoms with Gasteiger partial charge in [-0.15, -0.1) is 0 Å². The highest BCUT2D eigenvalue weighted by Crippen LogP contribution is 2.25. The maximum atomic E-state index is 12.2. The van der Waals surface area contributed by atoms with Crippen molar-refractivity contribution in [3.8, 4) is 0 Å². The number of sulfonamides is 1. The molecular formula is C12H18Cl2N2O3S. The van der Waals surface area contributed by atoms with E-state index in [9.17, 15) is 8.42 Å². The Morgan fingerprint density at radius 2 is 2.05 bits per heavy atom. The fraction of sp³-hybridized carbons (Fsp3) is 0.583. The van der Waals surface area contributed by atoms with E-state index in [2.05, 4.69) is 9.71 Å². The van der Waals surface area contributed by atoms with Gasteiger partial charge in [-0.3, -0.25) is 0 Å². The summed E-state index contributed by atoms with van der Waals surface area (Å²) in [6.45, 7) is 4.16. The van der Waals surface area contributed by atoms with E-state index in [-0.39, 0.29) is 33.6 Å². The molecule has 0 unspecified atom stereocenters. The molecule has 1 aromatic heterocycles. The first kappa shape index (κ1) is 17.7. The minimum Gasteiger partial charge on any atom is -0.396 e. The number of nitrogens with zero attached hydrogens (tertiary/aromatic N) is 1. The van der Waals surface area contributed by atoms with E-state index in [0.29, 0.717) is 12.8 Å². The molecule has 2 N–H and O–H groups in total. The van der Waals surface area contributed by atoms with E-state index in [1.807, 2.05) is 13.8 Å². The molecule has 0 radical (unpaired) electrons. The minimum absolute atomic E-state index is 0.0836. The largest absolute Gasteiger partial charge is 0.396 e. The molecule has 0 aromatic carbocycles. The molecule has 0 fully saturated rings. The van der Waals surface area contributed by atoms with Crippen LogP contribution in [0.4, 0.5) is 0 Å². The Balaban J connectivity index is 2.83. The van der Waals surface area contributed by atoms with Crippen LogP contribution in [0, 0.1) is 5.41 Å². The van der Waals surface area contributed by atoms with Crippen LogP contribution < -0.4 is 4.72 Å². The van der Waals surface area contributed by atoms with E-state index in [1.165, 1.54) is 12.3 Å². The van der Waals surface area contributed by atoms with Crippen molar-refractivity contribution < 1.29 is 13.5 Å². The van der Waals surface area contributed by atoms with Crippen LogP contribution in [0.2, 0.25) is 10.2 Å². The molecule has 5 nitrogen and oxygen atoms in total. The summed E-state index contributed by atoms with van der Waals surface area (Å²) in [5.41, 5.74) is -0.270. The van der Waals surface area contributed by atoms with Gasteiger partial charge >= 0.3 is 0 Å². The van der Waals surface area contributed by atoms with Crippen molar-refractivity contribution in [3.05, 3.63) is 22.4 Å². The molecular weight excluding hydrogens is 323 g/mol. The predicted molar refractivity (Wildman–Crippen MR) is 79.5 cm³/mol. The van der Waals surface area contributed by atoms with Crippen LogP contribution in [0.3, 0.4) is 0 Å². The second-order valence-electron chi connectivity index (χ2n) is 5.26. The number of hydrogen-bond donors (Lipinski definition) is 2. The summed E-state index contributed by atoms with van der Waals surface area (Å²) in [5.74, 6) is 0. The van der Waals surface area contributed by atoms with Gasteiger partial charge in [-0.25, -0.2) is 18.1 Å². The van der Waals surface area contributed by atoms with Crippen LogP contribution in [0.15, 0.2) is 17.2 Å². The lowest BCUT2D eigenvalue weighted by Crippen LogP contribution is -2.34. The molecule has 1 heterocycles. The normalized spacial score (nSPS) is 12.7. The summed E-state index contributed by atoms with van der Waals surface area (Å²) in [7, 11) is -3.76. The van der Waals surface area contributed by atoms with E-state index in [1.54, 1.807) is 0 Å². The second-order valence-corrected chi connectivity index (χ2v) is 7.79. The third-order valence-electron chi connectivity index (χ3n) is 2.82. The summed E-state index contributed by atoms with van der Waals surface area (Å²) >= 11 is 11.5. The fourth-order valence-corrected chi connectivity index (χ4v) is 3.53. The Bertz CT molecular complexity index is 562. The summed E-state index contributed by atoms with van der Waals surface area (Å²) < 4.78 is 26.9. The number of halogens is 2. The number of rotatable bonds is 7. The topological polar surface area (TPSA) is 79.3 Å². The highest BCUT2D eigenvalue weighted by molar-refractivity contribution is 7.89. The molecule has 1 rings (SSSR count). The lowest BCUT2D eigenvalue weighted by atomic mass is 9.88. The first-order valence-electron chi connectivity index (χ1n) is 6.09. The predicted octanol–water partition coefficient (Wildman–Crippen LogP) is 2.47. The summed E-state index contributed by atoms with van der Waals surface area (Å²) in [4.78, 5) is 3.59. The number of aliphatic hydroxyl groups is 1. The van der Waals surface area contributed by atoms with Crippen molar-refractivity contribution in [1.82, 2.24) is 9.71 Å². The smallest absolute Gasteiger partial charge is 0.243 e. The SMILES string of the molecule is CC(C)(CCCO)CNS(=O)(=O)c1cc(Cl)cnc1Cl. The maximum absolute atomic E-state index is 12.2. The zero-order valence-corrected chi connectivity index (χ0v) is 13.7. The fourth-order valence-electron chi connectivity index (χ4n) is 1.61. The summed E-state index contributed by atoms with van der Waals surface area (Å²) in [5, 5.41) is 8.91. The van der Waals surface area contributed by atoms with E-state index in [0.717, 1.165) is 0 Å². The van der Waals surface area contributed by atoms with Crippen molar-refractivity contribution in [1.29, 1.82) is 0 Å². The monoisotopic (exact) mass is 340 g/mol. The summed E-state index contributed by atoms with van der Waals surface area (Å²) in [6.07, 6.45) is 2.61. The highest BCUT2D eigenvalue weighted by Gasteiger charge is 2.24. The van der Waals surface area contributed by atoms with Gasteiger partial charge in [0.15, 0.2) is 0 Å². The van der Waals surface area contributed by atoms with Crippen molar-refractivity contribution in [2.24, 2.45) is 5.41 Å². The average Bonchev–Trinajstić information content (AvgIpc) is 2.37. The van der Waals surface area contributed by atoms with Gasteiger partial charge in [0.05, 0.1) is 5.02 Å². The van der Waals surface area contributed by atoms with Crippen LogP contribution in [0.25, 0.3) is 0 Å². The van der Waals surface area contributed by atoms with Crippen LogP contribution in [-0.4, -0.2) is 31.7 Å². The Morgan fingerprint density at radius 3 is 2.65 bits per heavy atom. The standard InChI is InChI=1S/C12H18Cl2N2O3S/c1-12(2,4-3-5-17)8-16-20(18,19)10-6-9(13)7-15-11(10)14/h6-7,16-17H,3-5,8H2,1-2H3. The Labute approximate surface area is 129 Å². The third kappa shape index (κ3) is 5.18. The number of aromatic nitrogens is 1. The molecule has 0 saturated carbocycles. The molecule has 20 heavy (non-hydrogen) atoms. The van der Waals surface area contributed by atoms with Crippen LogP contribution in [-0.2, 0) is 10.0 Å². The van der Waals surface area contributed by atoms with Gasteiger partial charge in [0.1, 0.15) is 10.0 Å². The average molecular weight is 341 g/mol. The molecule has 0 aliphatic carbocycles. The van der Waals surface area contributed by atoms with Gasteiger partial charge in [-0.2, -0.15) is 0 Å². The van der Waals surface area contributed by atoms with Gasteiger partial charge in [-0.05, 0) is 24.3 Å². The molecule has 0 spiro atoms. The van der Waals surface area contributed by atoms with Crippen LogP contribution in [0.1, 0.15) is 26.7 Å². The molecule has 8 heteroatoms. The number of aliphatic hydroxyl groups excluding tert-OH is 1. The molecule has 1 aromatic rings. The third-order valence-corrected chi connectivity index (χ3v) is 4.85. The van der Waals surface area contributed by atoms with Crippen molar-refractivity contribution in [2.75, 3.05) is 13.2 Å². The molecule has 0 aliphatic heterocycles. The zero-order chi connectivity index (χ0) is 15.4. The van der Waals surface area contributed by atoms with E-state index in [4.69, 9.17) is 28.3 Å². The van der Waals surface area contributed by atoms with Crippen molar-refractivity contribution in [3.63, 3.8) is 0 Å². The number of nitrogens with one attached hydrogen (secondary N) is 1. The Morgan fingerprint density at radius 1 is 1.40 bits per heavy atom. The van der Waals surface area contributed by atoms with Crippen molar-refractivity contribution >= 4 is 33.2 Å². The lowest BCUT2D eigenvalue weighted by molar-refractivity contribution is 0.242. The Hall–Kier alpha value is -0.400. The van der Waals surface area contributed by atoms with Crippen LogP contribution >= 0.6 is 23.2 Å².